The first kappa shape index (κ1) is 12.3. The maximum absolute atomic E-state index is 12.3. The molecule has 0 atom stereocenters. The number of nitrogens with one attached hydrogen (secondary N) is 1. The summed E-state index contributed by atoms with van der Waals surface area (Å²) in [6, 6.07) is 7.27. The molecule has 0 aliphatic heterocycles. The third-order valence-electron chi connectivity index (χ3n) is 3.12. The smallest absolute Gasteiger partial charge is 0.259 e. The quantitative estimate of drug-likeness (QED) is 0.775. The Morgan fingerprint density at radius 1 is 1.20 bits per heavy atom. The van der Waals surface area contributed by atoms with Gasteiger partial charge in [0.25, 0.3) is 5.91 Å². The molecule has 3 aromatic heterocycles. The summed E-state index contributed by atoms with van der Waals surface area (Å²) in [7, 11) is 0. The number of nitrogens with zero attached hydrogens (tertiary/aromatic N) is 3. The highest BCUT2D eigenvalue weighted by Gasteiger charge is 2.14. The minimum atomic E-state index is -0.170. The molecular weight excluding hydrogens is 252 g/mol. The molecule has 1 amide bonds. The molecule has 3 heterocycles. The lowest BCUT2D eigenvalue weighted by Crippen LogP contribution is -2.12. The van der Waals surface area contributed by atoms with Crippen molar-refractivity contribution in [3.05, 3.63) is 59.8 Å². The summed E-state index contributed by atoms with van der Waals surface area (Å²) < 4.78 is 1.91. The fourth-order valence-electron chi connectivity index (χ4n) is 2.20. The first-order valence-electron chi connectivity index (χ1n) is 6.32. The Hall–Kier alpha value is -2.69. The first-order chi connectivity index (χ1) is 9.65. The zero-order valence-corrected chi connectivity index (χ0v) is 11.3. The third kappa shape index (κ3) is 2.14. The van der Waals surface area contributed by atoms with Crippen LogP contribution in [0.4, 0.5) is 5.69 Å². The van der Waals surface area contributed by atoms with Gasteiger partial charge in [0.15, 0.2) is 0 Å². The van der Waals surface area contributed by atoms with E-state index in [1.165, 1.54) is 0 Å². The van der Waals surface area contributed by atoms with Crippen molar-refractivity contribution in [1.29, 1.82) is 0 Å². The van der Waals surface area contributed by atoms with Gasteiger partial charge in [-0.3, -0.25) is 9.78 Å². The highest BCUT2D eigenvalue weighted by atomic mass is 16.1. The van der Waals surface area contributed by atoms with E-state index >= 15 is 0 Å². The molecule has 0 fully saturated rings. The Morgan fingerprint density at radius 3 is 2.70 bits per heavy atom. The van der Waals surface area contributed by atoms with Crippen molar-refractivity contribution in [3.8, 4) is 0 Å². The molecule has 0 saturated carbocycles. The molecule has 0 radical (unpaired) electrons. The van der Waals surface area contributed by atoms with Gasteiger partial charge in [0.1, 0.15) is 5.65 Å². The molecule has 0 saturated heterocycles. The van der Waals surface area contributed by atoms with Crippen molar-refractivity contribution in [2.45, 2.75) is 13.8 Å². The standard InChI is InChI=1S/C15H14N4O/c1-10-9-11(2)19-8-5-13(14(19)17-10)15(20)18-12-3-6-16-7-4-12/h3-9H,1-2H3,(H,16,18,20). The zero-order chi connectivity index (χ0) is 14.1. The number of aryl methyl sites for hydroxylation is 2. The lowest BCUT2D eigenvalue weighted by atomic mass is 10.2. The largest absolute Gasteiger partial charge is 0.322 e. The predicted octanol–water partition coefficient (Wildman–Crippen LogP) is 2.60. The van der Waals surface area contributed by atoms with E-state index in [0.29, 0.717) is 16.9 Å². The number of anilines is 1. The van der Waals surface area contributed by atoms with Crippen LogP contribution in [0.5, 0.6) is 0 Å². The number of carbonyl (C=O) groups is 1. The van der Waals surface area contributed by atoms with Gasteiger partial charge in [0.2, 0.25) is 0 Å². The summed E-state index contributed by atoms with van der Waals surface area (Å²) in [5.41, 5.74) is 3.90. The number of carbonyl (C=O) groups excluding carboxylic acids is 1. The third-order valence-corrected chi connectivity index (χ3v) is 3.12. The van der Waals surface area contributed by atoms with Gasteiger partial charge in [-0.2, -0.15) is 0 Å². The predicted molar refractivity (Wildman–Crippen MR) is 76.9 cm³/mol. The van der Waals surface area contributed by atoms with Gasteiger partial charge in [0.05, 0.1) is 5.56 Å². The minimum Gasteiger partial charge on any atom is -0.322 e. The van der Waals surface area contributed by atoms with Crippen molar-refractivity contribution in [2.24, 2.45) is 0 Å². The lowest BCUT2D eigenvalue weighted by Gasteiger charge is -2.05. The van der Waals surface area contributed by atoms with Crippen LogP contribution < -0.4 is 5.32 Å². The Morgan fingerprint density at radius 2 is 1.95 bits per heavy atom. The molecular formula is C15H14N4O. The monoisotopic (exact) mass is 266 g/mol. The number of hydrogen-bond donors (Lipinski definition) is 1. The average Bonchev–Trinajstić information content (AvgIpc) is 2.84. The van der Waals surface area contributed by atoms with Crippen LogP contribution in [0.25, 0.3) is 5.65 Å². The van der Waals surface area contributed by atoms with Crippen LogP contribution in [0.2, 0.25) is 0 Å². The zero-order valence-electron chi connectivity index (χ0n) is 11.3. The van der Waals surface area contributed by atoms with Gasteiger partial charge >= 0.3 is 0 Å². The molecule has 100 valence electrons. The Balaban J connectivity index is 2.00. The maximum Gasteiger partial charge on any atom is 0.259 e. The maximum atomic E-state index is 12.3. The van der Waals surface area contributed by atoms with Crippen molar-refractivity contribution in [1.82, 2.24) is 14.4 Å². The molecule has 0 aliphatic carbocycles. The molecule has 20 heavy (non-hydrogen) atoms. The van der Waals surface area contributed by atoms with E-state index in [1.807, 2.05) is 30.5 Å². The van der Waals surface area contributed by atoms with E-state index in [1.54, 1.807) is 30.6 Å². The summed E-state index contributed by atoms with van der Waals surface area (Å²) in [4.78, 5) is 20.7. The van der Waals surface area contributed by atoms with Crippen LogP contribution in [0, 0.1) is 13.8 Å². The van der Waals surface area contributed by atoms with Crippen molar-refractivity contribution >= 4 is 17.2 Å². The molecule has 0 spiro atoms. The molecule has 5 heteroatoms. The fourth-order valence-corrected chi connectivity index (χ4v) is 2.20. The van der Waals surface area contributed by atoms with Crippen LogP contribution in [-0.4, -0.2) is 20.3 Å². The van der Waals surface area contributed by atoms with E-state index in [-0.39, 0.29) is 5.91 Å². The number of amides is 1. The van der Waals surface area contributed by atoms with Gasteiger partial charge < -0.3 is 9.72 Å². The summed E-state index contributed by atoms with van der Waals surface area (Å²) >= 11 is 0. The van der Waals surface area contributed by atoms with Gasteiger partial charge in [0, 0.05) is 35.7 Å². The molecule has 0 aliphatic rings. The van der Waals surface area contributed by atoms with Crippen LogP contribution in [0.1, 0.15) is 21.7 Å². The Bertz CT molecular complexity index is 777. The van der Waals surface area contributed by atoms with Crippen molar-refractivity contribution in [3.63, 3.8) is 0 Å². The van der Waals surface area contributed by atoms with Crippen molar-refractivity contribution < 1.29 is 4.79 Å². The SMILES string of the molecule is Cc1cc(C)n2ccc(C(=O)Nc3ccncc3)c2n1. The molecule has 0 unspecified atom stereocenters. The lowest BCUT2D eigenvalue weighted by molar-refractivity contribution is 0.102. The van der Waals surface area contributed by atoms with Crippen LogP contribution in [0.3, 0.4) is 0 Å². The second-order valence-electron chi connectivity index (χ2n) is 4.65. The van der Waals surface area contributed by atoms with Crippen molar-refractivity contribution in [2.75, 3.05) is 5.32 Å². The van der Waals surface area contributed by atoms with E-state index in [2.05, 4.69) is 15.3 Å². The molecule has 3 rings (SSSR count). The number of hydrogen-bond acceptors (Lipinski definition) is 3. The Kier molecular flexibility index (Phi) is 2.95. The topological polar surface area (TPSA) is 59.3 Å². The Labute approximate surface area is 116 Å². The second-order valence-corrected chi connectivity index (χ2v) is 4.65. The summed E-state index contributed by atoms with van der Waals surface area (Å²) in [6.45, 7) is 3.91. The van der Waals surface area contributed by atoms with Gasteiger partial charge in [-0.25, -0.2) is 4.98 Å². The van der Waals surface area contributed by atoms with E-state index in [4.69, 9.17) is 0 Å². The average molecular weight is 266 g/mol. The summed E-state index contributed by atoms with van der Waals surface area (Å²) in [5, 5.41) is 2.84. The molecule has 0 aromatic carbocycles. The van der Waals surface area contributed by atoms with Gasteiger partial charge in [-0.15, -0.1) is 0 Å². The number of rotatable bonds is 2. The van der Waals surface area contributed by atoms with Gasteiger partial charge in [-0.1, -0.05) is 0 Å². The highest BCUT2D eigenvalue weighted by molar-refractivity contribution is 6.08. The minimum absolute atomic E-state index is 0.170. The molecule has 5 nitrogen and oxygen atoms in total. The number of fused-ring (bicyclic) bond motifs is 1. The fraction of sp³-hybridized carbons (Fsp3) is 0.133. The second kappa shape index (κ2) is 4.77. The van der Waals surface area contributed by atoms with E-state index in [0.717, 1.165) is 11.4 Å². The van der Waals surface area contributed by atoms with E-state index in [9.17, 15) is 4.79 Å². The molecule has 3 aromatic rings. The van der Waals surface area contributed by atoms with Crippen LogP contribution in [-0.2, 0) is 0 Å². The van der Waals surface area contributed by atoms with Gasteiger partial charge in [-0.05, 0) is 38.1 Å². The summed E-state index contributed by atoms with van der Waals surface area (Å²) in [6.07, 6.45) is 5.14. The number of aromatic nitrogens is 3. The highest BCUT2D eigenvalue weighted by Crippen LogP contribution is 2.16. The normalized spacial score (nSPS) is 10.7. The van der Waals surface area contributed by atoms with E-state index < -0.39 is 0 Å². The molecule has 1 N–H and O–H groups in total. The molecule has 0 bridgehead atoms. The summed E-state index contributed by atoms with van der Waals surface area (Å²) in [5.74, 6) is -0.170. The van der Waals surface area contributed by atoms with Crippen LogP contribution in [0.15, 0.2) is 42.9 Å². The number of pyridine rings is 1. The first-order valence-corrected chi connectivity index (χ1v) is 6.32. The van der Waals surface area contributed by atoms with Crippen LogP contribution >= 0.6 is 0 Å².